The lowest BCUT2D eigenvalue weighted by Crippen LogP contribution is -2.22. The topological polar surface area (TPSA) is 67.4 Å². The zero-order valence-corrected chi connectivity index (χ0v) is 15.6. The van der Waals surface area contributed by atoms with Crippen LogP contribution in [0.25, 0.3) is 0 Å². The number of carbonyl (C=O) groups is 2. The Labute approximate surface area is 157 Å². The van der Waals surface area contributed by atoms with Gasteiger partial charge in [0.1, 0.15) is 5.75 Å². The maximum Gasteiger partial charge on any atom is 0.237 e. The van der Waals surface area contributed by atoms with E-state index in [1.807, 2.05) is 49.4 Å². The van der Waals surface area contributed by atoms with Crippen LogP contribution in [0.2, 0.25) is 0 Å². The van der Waals surface area contributed by atoms with Crippen molar-refractivity contribution in [2.24, 2.45) is 5.92 Å². The Morgan fingerprint density at radius 3 is 2.62 bits per heavy atom. The molecule has 1 saturated carbocycles. The molecule has 1 atom stereocenters. The Kier molecular flexibility index (Phi) is 5.83. The maximum absolute atomic E-state index is 12.5. The van der Waals surface area contributed by atoms with Crippen molar-refractivity contribution in [3.8, 4) is 5.75 Å². The highest BCUT2D eigenvalue weighted by Gasteiger charge is 2.29. The van der Waals surface area contributed by atoms with Gasteiger partial charge >= 0.3 is 0 Å². The third-order valence-electron chi connectivity index (χ3n) is 4.10. The van der Waals surface area contributed by atoms with Crippen molar-refractivity contribution in [2.45, 2.75) is 29.9 Å². The minimum Gasteiger partial charge on any atom is -0.495 e. The monoisotopic (exact) mass is 370 g/mol. The van der Waals surface area contributed by atoms with Crippen LogP contribution < -0.4 is 15.4 Å². The second-order valence-corrected chi connectivity index (χ2v) is 7.66. The summed E-state index contributed by atoms with van der Waals surface area (Å²) in [6, 6.07) is 14.9. The summed E-state index contributed by atoms with van der Waals surface area (Å²) in [5, 5.41) is 5.53. The highest BCUT2D eigenvalue weighted by molar-refractivity contribution is 8.00. The van der Waals surface area contributed by atoms with Crippen molar-refractivity contribution in [2.75, 3.05) is 17.7 Å². The van der Waals surface area contributed by atoms with Gasteiger partial charge in [-0.2, -0.15) is 0 Å². The van der Waals surface area contributed by atoms with Crippen LogP contribution in [0.15, 0.2) is 53.4 Å². The molecule has 1 aliphatic rings. The normalized spacial score (nSPS) is 14.4. The predicted octanol–water partition coefficient (Wildman–Crippen LogP) is 4.16. The molecule has 1 fully saturated rings. The molecule has 3 rings (SSSR count). The number of hydrogen-bond acceptors (Lipinski definition) is 4. The van der Waals surface area contributed by atoms with Gasteiger partial charge in [0.25, 0.3) is 0 Å². The van der Waals surface area contributed by atoms with Crippen LogP contribution in [-0.2, 0) is 9.59 Å². The number of thioether (sulfide) groups is 1. The molecule has 136 valence electrons. The summed E-state index contributed by atoms with van der Waals surface area (Å²) in [4.78, 5) is 25.3. The summed E-state index contributed by atoms with van der Waals surface area (Å²) in [5.41, 5.74) is 1.42. The van der Waals surface area contributed by atoms with Crippen LogP contribution in [0.3, 0.4) is 0 Å². The third-order valence-corrected chi connectivity index (χ3v) is 5.19. The zero-order chi connectivity index (χ0) is 18.5. The molecule has 0 aromatic heterocycles. The Morgan fingerprint density at radius 2 is 1.88 bits per heavy atom. The molecule has 2 N–H and O–H groups in total. The van der Waals surface area contributed by atoms with Gasteiger partial charge in [0.2, 0.25) is 11.8 Å². The highest BCUT2D eigenvalue weighted by Crippen LogP contribution is 2.32. The molecule has 0 aliphatic heterocycles. The summed E-state index contributed by atoms with van der Waals surface area (Å²) in [7, 11) is 1.57. The van der Waals surface area contributed by atoms with E-state index in [0.717, 1.165) is 23.4 Å². The summed E-state index contributed by atoms with van der Waals surface area (Å²) >= 11 is 1.45. The van der Waals surface area contributed by atoms with E-state index in [-0.39, 0.29) is 23.0 Å². The Hall–Kier alpha value is -2.47. The van der Waals surface area contributed by atoms with E-state index >= 15 is 0 Å². The van der Waals surface area contributed by atoms with Gasteiger partial charge < -0.3 is 15.4 Å². The van der Waals surface area contributed by atoms with E-state index < -0.39 is 0 Å². The smallest absolute Gasteiger partial charge is 0.237 e. The Balaban J connectivity index is 1.60. The average molecular weight is 370 g/mol. The molecule has 2 aromatic rings. The van der Waals surface area contributed by atoms with Crippen molar-refractivity contribution in [3.63, 3.8) is 0 Å². The molecular weight excluding hydrogens is 348 g/mol. The molecule has 6 heteroatoms. The fourth-order valence-corrected chi connectivity index (χ4v) is 3.40. The van der Waals surface area contributed by atoms with Crippen molar-refractivity contribution >= 4 is 35.0 Å². The number of methoxy groups -OCH3 is 1. The first-order valence-electron chi connectivity index (χ1n) is 8.58. The molecule has 1 unspecified atom stereocenters. The molecular formula is C20H22N2O3S. The lowest BCUT2D eigenvalue weighted by molar-refractivity contribution is -0.117. The van der Waals surface area contributed by atoms with Gasteiger partial charge in [-0.1, -0.05) is 18.2 Å². The maximum atomic E-state index is 12.5. The SMILES string of the molecule is COc1ccccc1NC(=O)C(C)Sc1cccc(NC(=O)C2CC2)c1. The van der Waals surface area contributed by atoms with Crippen molar-refractivity contribution in [3.05, 3.63) is 48.5 Å². The van der Waals surface area contributed by atoms with Crippen LogP contribution in [-0.4, -0.2) is 24.2 Å². The van der Waals surface area contributed by atoms with Gasteiger partial charge in [-0.05, 0) is 50.1 Å². The van der Waals surface area contributed by atoms with Crippen LogP contribution in [0.5, 0.6) is 5.75 Å². The Morgan fingerprint density at radius 1 is 1.12 bits per heavy atom. The van der Waals surface area contributed by atoms with Crippen molar-refractivity contribution < 1.29 is 14.3 Å². The van der Waals surface area contributed by atoms with Crippen LogP contribution in [0.4, 0.5) is 11.4 Å². The van der Waals surface area contributed by atoms with Crippen molar-refractivity contribution in [1.82, 2.24) is 0 Å². The van der Waals surface area contributed by atoms with Gasteiger partial charge in [-0.3, -0.25) is 9.59 Å². The Bertz CT molecular complexity index is 805. The molecule has 0 bridgehead atoms. The van der Waals surface area contributed by atoms with E-state index in [9.17, 15) is 9.59 Å². The molecule has 2 aromatic carbocycles. The molecule has 1 aliphatic carbocycles. The molecule has 0 radical (unpaired) electrons. The fourth-order valence-electron chi connectivity index (χ4n) is 2.48. The van der Waals surface area contributed by atoms with Gasteiger partial charge in [-0.15, -0.1) is 11.8 Å². The fraction of sp³-hybridized carbons (Fsp3) is 0.300. The molecule has 26 heavy (non-hydrogen) atoms. The average Bonchev–Trinajstić information content (AvgIpc) is 3.47. The van der Waals surface area contributed by atoms with E-state index in [1.165, 1.54) is 11.8 Å². The second kappa shape index (κ2) is 8.27. The number of ether oxygens (including phenoxy) is 1. The molecule has 5 nitrogen and oxygen atoms in total. The van der Waals surface area contributed by atoms with Crippen LogP contribution in [0, 0.1) is 5.92 Å². The number of anilines is 2. The zero-order valence-electron chi connectivity index (χ0n) is 14.8. The lowest BCUT2D eigenvalue weighted by Gasteiger charge is -2.14. The summed E-state index contributed by atoms with van der Waals surface area (Å²) in [5.74, 6) is 0.765. The third kappa shape index (κ3) is 4.79. The van der Waals surface area contributed by atoms with E-state index in [4.69, 9.17) is 4.74 Å². The summed E-state index contributed by atoms with van der Waals surface area (Å²) < 4.78 is 5.26. The number of amides is 2. The van der Waals surface area contributed by atoms with Crippen LogP contribution in [0.1, 0.15) is 19.8 Å². The number of benzene rings is 2. The minimum absolute atomic E-state index is 0.0779. The number of nitrogens with one attached hydrogen (secondary N) is 2. The standard InChI is InChI=1S/C20H22N2O3S/c1-13(19(23)22-17-8-3-4-9-18(17)25-2)26-16-7-5-6-15(12-16)21-20(24)14-10-11-14/h3-9,12-14H,10-11H2,1-2H3,(H,21,24)(H,22,23). The molecule has 0 saturated heterocycles. The summed E-state index contributed by atoms with van der Waals surface area (Å²) in [6.07, 6.45) is 1.95. The van der Waals surface area contributed by atoms with Gasteiger partial charge in [0, 0.05) is 16.5 Å². The van der Waals surface area contributed by atoms with Gasteiger partial charge in [0.05, 0.1) is 18.0 Å². The molecule has 0 heterocycles. The van der Waals surface area contributed by atoms with Crippen LogP contribution >= 0.6 is 11.8 Å². The van der Waals surface area contributed by atoms with E-state index in [1.54, 1.807) is 13.2 Å². The van der Waals surface area contributed by atoms with Gasteiger partial charge in [0.15, 0.2) is 0 Å². The predicted molar refractivity (Wildman–Crippen MR) is 105 cm³/mol. The first kappa shape index (κ1) is 18.3. The lowest BCUT2D eigenvalue weighted by atomic mass is 10.3. The van der Waals surface area contributed by atoms with E-state index in [2.05, 4.69) is 10.6 Å². The highest BCUT2D eigenvalue weighted by atomic mass is 32.2. The number of carbonyl (C=O) groups excluding carboxylic acids is 2. The molecule has 0 spiro atoms. The minimum atomic E-state index is -0.297. The second-order valence-electron chi connectivity index (χ2n) is 6.24. The largest absolute Gasteiger partial charge is 0.495 e. The van der Waals surface area contributed by atoms with Crippen molar-refractivity contribution in [1.29, 1.82) is 0 Å². The quantitative estimate of drug-likeness (QED) is 0.718. The number of para-hydroxylation sites is 2. The molecule has 2 amide bonds. The van der Waals surface area contributed by atoms with E-state index in [0.29, 0.717) is 11.4 Å². The summed E-state index contributed by atoms with van der Waals surface area (Å²) in [6.45, 7) is 1.85. The first-order chi connectivity index (χ1) is 12.6. The first-order valence-corrected chi connectivity index (χ1v) is 9.46. The van der Waals surface area contributed by atoms with Gasteiger partial charge in [-0.25, -0.2) is 0 Å². The number of rotatable bonds is 7. The number of hydrogen-bond donors (Lipinski definition) is 2.